The van der Waals surface area contributed by atoms with Gasteiger partial charge in [-0.15, -0.1) is 0 Å². The van der Waals surface area contributed by atoms with Crippen molar-refractivity contribution in [3.8, 4) is 0 Å². The van der Waals surface area contributed by atoms with Gasteiger partial charge in [0.05, 0.1) is 5.92 Å². The van der Waals surface area contributed by atoms with Crippen LogP contribution in [0.1, 0.15) is 19.3 Å². The van der Waals surface area contributed by atoms with Gasteiger partial charge in [0.15, 0.2) is 4.90 Å². The first-order valence-electron chi connectivity index (χ1n) is 6.64. The summed E-state index contributed by atoms with van der Waals surface area (Å²) in [6.07, 6.45) is 0.882. The van der Waals surface area contributed by atoms with Crippen molar-refractivity contribution < 1.29 is 31.5 Å². The summed E-state index contributed by atoms with van der Waals surface area (Å²) in [6.45, 7) is 0. The molecule has 0 spiro atoms. The van der Waals surface area contributed by atoms with Crippen molar-refractivity contribution in [2.24, 2.45) is 5.92 Å². The van der Waals surface area contributed by atoms with Crippen molar-refractivity contribution in [3.05, 3.63) is 29.6 Å². The lowest BCUT2D eigenvalue weighted by molar-refractivity contribution is -0.142. The van der Waals surface area contributed by atoms with Crippen LogP contribution in [0.5, 0.6) is 0 Å². The second kappa shape index (κ2) is 4.95. The fourth-order valence-corrected chi connectivity index (χ4v) is 5.47. The van der Waals surface area contributed by atoms with Gasteiger partial charge in [-0.25, -0.2) is 21.6 Å². The number of aliphatic carboxylic acids is 1. The van der Waals surface area contributed by atoms with E-state index in [0.717, 1.165) is 4.31 Å². The van der Waals surface area contributed by atoms with E-state index in [2.05, 4.69) is 0 Å². The van der Waals surface area contributed by atoms with Gasteiger partial charge >= 0.3 is 5.97 Å². The Kier molecular flexibility index (Phi) is 3.44. The molecule has 3 rings (SSSR count). The average molecular weight is 335 g/mol. The monoisotopic (exact) mass is 335 g/mol. The number of hydrogen-bond acceptors (Lipinski definition) is 3. The first-order chi connectivity index (χ1) is 10.2. The van der Waals surface area contributed by atoms with Gasteiger partial charge in [0.25, 0.3) is 0 Å². The highest BCUT2D eigenvalue weighted by atomic mass is 32.2. The van der Waals surface area contributed by atoms with Gasteiger partial charge in [-0.2, -0.15) is 4.31 Å². The maximum absolute atomic E-state index is 13.8. The molecule has 3 unspecified atom stereocenters. The largest absolute Gasteiger partial charge is 0.481 e. The Morgan fingerprint density at radius 3 is 2.27 bits per heavy atom. The molecule has 5 nitrogen and oxygen atoms in total. The number of nitrogens with zero attached hydrogens (tertiary/aromatic N) is 1. The predicted octanol–water partition coefficient (Wildman–Crippen LogP) is 1.73. The molecule has 2 saturated heterocycles. The standard InChI is InChI=1S/C13H12F3NO4S/c14-6-3-9(15)12(10(16)4-6)22(20,21)17-7-1-2-11(17)8(5-7)13(18)19/h3-4,7-8,11H,1-2,5H2,(H,18,19). The number of benzene rings is 1. The first kappa shape index (κ1) is 15.3. The zero-order valence-electron chi connectivity index (χ0n) is 11.2. The number of carboxylic acids is 1. The molecule has 2 heterocycles. The molecule has 1 N–H and O–H groups in total. The van der Waals surface area contributed by atoms with E-state index in [9.17, 15) is 26.4 Å². The third kappa shape index (κ3) is 2.11. The van der Waals surface area contributed by atoms with Crippen molar-refractivity contribution in [1.29, 1.82) is 0 Å². The molecular formula is C13H12F3NO4S. The van der Waals surface area contributed by atoms with Crippen molar-refractivity contribution >= 4 is 16.0 Å². The topological polar surface area (TPSA) is 74.7 Å². The van der Waals surface area contributed by atoms with E-state index in [0.29, 0.717) is 25.0 Å². The molecule has 22 heavy (non-hydrogen) atoms. The quantitative estimate of drug-likeness (QED) is 0.913. The van der Waals surface area contributed by atoms with Crippen LogP contribution in [0.25, 0.3) is 0 Å². The summed E-state index contributed by atoms with van der Waals surface area (Å²) in [6, 6.07) is -0.832. The second-order valence-corrected chi connectivity index (χ2v) is 7.29. The Bertz CT molecular complexity index is 729. The van der Waals surface area contributed by atoms with Gasteiger partial charge in [0.2, 0.25) is 10.0 Å². The number of carboxylic acid groups (broad SMARTS) is 1. The molecule has 9 heteroatoms. The Balaban J connectivity index is 2.07. The molecule has 2 fully saturated rings. The van der Waals surface area contributed by atoms with Crippen LogP contribution >= 0.6 is 0 Å². The molecule has 2 aliphatic heterocycles. The van der Waals surface area contributed by atoms with Crippen LogP contribution in [0.4, 0.5) is 13.2 Å². The molecule has 3 atom stereocenters. The molecular weight excluding hydrogens is 323 g/mol. The van der Waals surface area contributed by atoms with Crippen LogP contribution in [-0.4, -0.2) is 35.9 Å². The molecule has 2 aliphatic rings. The molecule has 0 aliphatic carbocycles. The minimum absolute atomic E-state index is 0.115. The fourth-order valence-electron chi connectivity index (χ4n) is 3.46. The Labute approximate surface area is 124 Å². The van der Waals surface area contributed by atoms with Crippen LogP contribution < -0.4 is 0 Å². The van der Waals surface area contributed by atoms with Crippen LogP contribution in [-0.2, 0) is 14.8 Å². The number of hydrogen-bond donors (Lipinski definition) is 1. The summed E-state index contributed by atoms with van der Waals surface area (Å²) < 4.78 is 66.5. The normalized spacial score (nSPS) is 28.2. The lowest BCUT2D eigenvalue weighted by Gasteiger charge is -2.23. The molecule has 1 aromatic rings. The number of carbonyl (C=O) groups is 1. The second-order valence-electron chi connectivity index (χ2n) is 5.51. The van der Waals surface area contributed by atoms with Crippen molar-refractivity contribution in [1.82, 2.24) is 4.31 Å². The predicted molar refractivity (Wildman–Crippen MR) is 67.9 cm³/mol. The summed E-state index contributed by atoms with van der Waals surface area (Å²) in [5, 5.41) is 9.12. The summed E-state index contributed by atoms with van der Waals surface area (Å²) in [5.74, 6) is -6.28. The smallest absolute Gasteiger partial charge is 0.308 e. The Morgan fingerprint density at radius 2 is 1.77 bits per heavy atom. The zero-order chi connectivity index (χ0) is 16.2. The van der Waals surface area contributed by atoms with E-state index in [1.54, 1.807) is 0 Å². The lowest BCUT2D eigenvalue weighted by atomic mass is 9.89. The van der Waals surface area contributed by atoms with Crippen molar-refractivity contribution in [3.63, 3.8) is 0 Å². The number of rotatable bonds is 3. The third-order valence-corrected chi connectivity index (χ3v) is 6.32. The summed E-state index contributed by atoms with van der Waals surface area (Å²) >= 11 is 0. The number of sulfonamides is 1. The molecule has 0 amide bonds. The van der Waals surface area contributed by atoms with Crippen molar-refractivity contribution in [2.45, 2.75) is 36.2 Å². The molecule has 0 radical (unpaired) electrons. The maximum atomic E-state index is 13.8. The van der Waals surface area contributed by atoms with Crippen molar-refractivity contribution in [2.75, 3.05) is 0 Å². The van der Waals surface area contributed by atoms with Gasteiger partial charge in [-0.1, -0.05) is 0 Å². The SMILES string of the molecule is O=C(O)C1CC2CCC1N2S(=O)(=O)c1c(F)cc(F)cc1F. The van der Waals surface area contributed by atoms with Crippen LogP contribution in [0.3, 0.4) is 0 Å². The average Bonchev–Trinajstić information content (AvgIpc) is 2.94. The van der Waals surface area contributed by atoms with Gasteiger partial charge in [0, 0.05) is 24.2 Å². The molecule has 0 saturated carbocycles. The maximum Gasteiger partial charge on any atom is 0.308 e. The molecule has 0 aromatic heterocycles. The highest BCUT2D eigenvalue weighted by Gasteiger charge is 2.55. The first-order valence-corrected chi connectivity index (χ1v) is 8.08. The fraction of sp³-hybridized carbons (Fsp3) is 0.462. The van der Waals surface area contributed by atoms with Gasteiger partial charge in [0.1, 0.15) is 17.5 Å². The number of fused-ring (bicyclic) bond motifs is 2. The third-order valence-electron chi connectivity index (χ3n) is 4.29. The summed E-state index contributed by atoms with van der Waals surface area (Å²) in [7, 11) is -4.57. The van der Waals surface area contributed by atoms with Gasteiger partial charge < -0.3 is 5.11 Å². The van der Waals surface area contributed by atoms with Crippen LogP contribution in [0.2, 0.25) is 0 Å². The van der Waals surface area contributed by atoms with Gasteiger partial charge in [-0.3, -0.25) is 4.79 Å². The van der Waals surface area contributed by atoms with E-state index in [-0.39, 0.29) is 6.42 Å². The highest BCUT2D eigenvalue weighted by molar-refractivity contribution is 7.89. The minimum Gasteiger partial charge on any atom is -0.481 e. The van der Waals surface area contributed by atoms with E-state index in [1.807, 2.05) is 0 Å². The van der Waals surface area contributed by atoms with Gasteiger partial charge in [-0.05, 0) is 19.3 Å². The molecule has 2 bridgehead atoms. The Hall–Kier alpha value is -1.61. The van der Waals surface area contributed by atoms with E-state index in [1.165, 1.54) is 0 Å². The van der Waals surface area contributed by atoms with E-state index >= 15 is 0 Å². The molecule has 1 aromatic carbocycles. The molecule has 120 valence electrons. The van der Waals surface area contributed by atoms with E-state index < -0.39 is 56.3 Å². The van der Waals surface area contributed by atoms with Crippen LogP contribution in [0.15, 0.2) is 17.0 Å². The zero-order valence-corrected chi connectivity index (χ0v) is 12.0. The minimum atomic E-state index is -4.57. The van der Waals surface area contributed by atoms with Crippen LogP contribution in [0, 0.1) is 23.4 Å². The Morgan fingerprint density at radius 1 is 1.18 bits per heavy atom. The summed E-state index contributed by atoms with van der Waals surface area (Å²) in [4.78, 5) is 9.93. The number of halogens is 3. The highest BCUT2D eigenvalue weighted by Crippen LogP contribution is 2.45. The lowest BCUT2D eigenvalue weighted by Crippen LogP contribution is -2.38. The van der Waals surface area contributed by atoms with E-state index in [4.69, 9.17) is 5.11 Å². The summed E-state index contributed by atoms with van der Waals surface area (Å²) in [5.41, 5.74) is 0.